The molecule has 0 saturated carbocycles. The summed E-state index contributed by atoms with van der Waals surface area (Å²) in [6, 6.07) is 0. The average molecular weight is 160 g/mol. The van der Waals surface area contributed by atoms with Crippen LogP contribution >= 0.6 is 0 Å². The van der Waals surface area contributed by atoms with Crippen LogP contribution in [0, 0.1) is 0 Å². The van der Waals surface area contributed by atoms with Crippen LogP contribution < -0.4 is 0 Å². The largest absolute Gasteiger partial charge is 0.394 e. The van der Waals surface area contributed by atoms with Gasteiger partial charge in [-0.2, -0.15) is 0 Å². The average Bonchev–Trinajstić information content (AvgIpc) is 2.60. The molecule has 11 heavy (non-hydrogen) atoms. The predicted octanol–water partition coefficient (Wildman–Crippen LogP) is -1.26. The van der Waals surface area contributed by atoms with Crippen molar-refractivity contribution in [3.8, 4) is 0 Å². The molecule has 0 aromatic carbocycles. The minimum atomic E-state index is -0.954. The molecular weight excluding hydrogens is 148 g/mol. The topological polar surface area (TPSA) is 89.4 Å². The number of nitrogens with zero attached hydrogens (tertiary/aromatic N) is 1. The van der Waals surface area contributed by atoms with Gasteiger partial charge in [0.05, 0.1) is 19.5 Å². The Kier molecular flexibility index (Phi) is 6.60. The lowest BCUT2D eigenvalue weighted by Crippen LogP contribution is -2.15. The van der Waals surface area contributed by atoms with Gasteiger partial charge in [0.25, 0.3) is 0 Å². The first-order valence-electron chi connectivity index (χ1n) is 3.13. The highest BCUT2D eigenvalue weighted by molar-refractivity contribution is 4.64. The van der Waals surface area contributed by atoms with E-state index in [2.05, 4.69) is 9.97 Å². The van der Waals surface area contributed by atoms with E-state index in [0.717, 1.165) is 0 Å². The molecule has 1 aromatic rings. The summed E-state index contributed by atoms with van der Waals surface area (Å²) in [4.78, 5) is 6.42. The van der Waals surface area contributed by atoms with E-state index in [1.165, 1.54) is 0 Å². The van der Waals surface area contributed by atoms with Gasteiger partial charge in [0, 0.05) is 12.4 Å². The fraction of sp³-hybridized carbons (Fsp3) is 0.500. The van der Waals surface area contributed by atoms with Crippen molar-refractivity contribution in [2.45, 2.75) is 6.10 Å². The molecule has 1 aromatic heterocycles. The number of aromatic nitrogens is 2. The number of imidazole rings is 1. The summed E-state index contributed by atoms with van der Waals surface area (Å²) in [5.41, 5.74) is 0. The van der Waals surface area contributed by atoms with Gasteiger partial charge in [-0.3, -0.25) is 0 Å². The Hall–Kier alpha value is -0.910. The molecule has 0 fully saturated rings. The summed E-state index contributed by atoms with van der Waals surface area (Å²) in [5, 5.41) is 24.0. The van der Waals surface area contributed by atoms with E-state index in [9.17, 15) is 0 Å². The van der Waals surface area contributed by atoms with E-state index >= 15 is 0 Å². The highest BCUT2D eigenvalue weighted by atomic mass is 16.3. The van der Waals surface area contributed by atoms with Crippen LogP contribution in [0.25, 0.3) is 0 Å². The minimum Gasteiger partial charge on any atom is -0.394 e. The van der Waals surface area contributed by atoms with E-state index in [-0.39, 0.29) is 13.2 Å². The molecule has 0 radical (unpaired) electrons. The Morgan fingerprint density at radius 2 is 2.00 bits per heavy atom. The monoisotopic (exact) mass is 160 g/mol. The van der Waals surface area contributed by atoms with E-state index in [4.69, 9.17) is 15.3 Å². The second-order valence-electron chi connectivity index (χ2n) is 1.78. The Balaban J connectivity index is 0.000000183. The summed E-state index contributed by atoms with van der Waals surface area (Å²) in [7, 11) is 0. The van der Waals surface area contributed by atoms with Gasteiger partial charge in [-0.25, -0.2) is 4.98 Å². The highest BCUT2D eigenvalue weighted by Crippen LogP contribution is 1.71. The lowest BCUT2D eigenvalue weighted by Gasteiger charge is -1.96. The lowest BCUT2D eigenvalue weighted by atomic mass is 10.4. The van der Waals surface area contributed by atoms with Crippen molar-refractivity contribution in [1.29, 1.82) is 0 Å². The standard InChI is InChI=1S/C3H4N2.C3H8O3/c1-2-5-3-4-1;4-1-3(6)2-5/h1-3H,(H,4,5);3-6H,1-2H2. The fourth-order valence-electron chi connectivity index (χ4n) is 0.273. The third-order valence-electron chi connectivity index (χ3n) is 0.827. The second-order valence-corrected chi connectivity index (χ2v) is 1.78. The minimum absolute atomic E-state index is 0.365. The molecule has 1 heterocycles. The van der Waals surface area contributed by atoms with Crippen LogP contribution in [0.4, 0.5) is 0 Å². The first-order chi connectivity index (χ1) is 5.31. The van der Waals surface area contributed by atoms with Crippen molar-refractivity contribution in [1.82, 2.24) is 9.97 Å². The van der Waals surface area contributed by atoms with Crippen molar-refractivity contribution in [2.24, 2.45) is 0 Å². The van der Waals surface area contributed by atoms with Crippen LogP contribution in [0.2, 0.25) is 0 Å². The van der Waals surface area contributed by atoms with Crippen LogP contribution in [0.15, 0.2) is 18.7 Å². The van der Waals surface area contributed by atoms with Crippen LogP contribution in [-0.2, 0) is 0 Å². The number of aliphatic hydroxyl groups excluding tert-OH is 3. The molecule has 0 atom stereocenters. The summed E-state index contributed by atoms with van der Waals surface area (Å²) in [5.74, 6) is 0. The van der Waals surface area contributed by atoms with E-state index in [1.807, 2.05) is 0 Å². The quantitative estimate of drug-likeness (QED) is 0.435. The summed E-state index contributed by atoms with van der Waals surface area (Å²) in [6.45, 7) is -0.729. The van der Waals surface area contributed by atoms with Gasteiger partial charge < -0.3 is 20.3 Å². The highest BCUT2D eigenvalue weighted by Gasteiger charge is 1.93. The maximum atomic E-state index is 8.17. The Bertz CT molecular complexity index is 122. The molecule has 64 valence electrons. The van der Waals surface area contributed by atoms with Crippen LogP contribution in [0.3, 0.4) is 0 Å². The normalized spacial score (nSPS) is 9.09. The van der Waals surface area contributed by atoms with Gasteiger partial charge in [0.1, 0.15) is 6.10 Å². The zero-order chi connectivity index (χ0) is 8.53. The number of H-pyrrole nitrogens is 1. The second kappa shape index (κ2) is 7.20. The molecule has 4 N–H and O–H groups in total. The van der Waals surface area contributed by atoms with Crippen molar-refractivity contribution in [3.63, 3.8) is 0 Å². The molecule has 0 saturated heterocycles. The summed E-state index contributed by atoms with van der Waals surface area (Å²) in [6.07, 6.45) is 4.13. The van der Waals surface area contributed by atoms with Gasteiger partial charge >= 0.3 is 0 Å². The van der Waals surface area contributed by atoms with E-state index in [1.54, 1.807) is 18.7 Å². The van der Waals surface area contributed by atoms with E-state index in [0.29, 0.717) is 0 Å². The Labute approximate surface area is 64.3 Å². The third-order valence-corrected chi connectivity index (χ3v) is 0.827. The van der Waals surface area contributed by atoms with Crippen molar-refractivity contribution < 1.29 is 15.3 Å². The third kappa shape index (κ3) is 6.98. The molecule has 1 rings (SSSR count). The Morgan fingerprint density at radius 3 is 2.09 bits per heavy atom. The summed E-state index contributed by atoms with van der Waals surface area (Å²) >= 11 is 0. The number of hydrogen-bond donors (Lipinski definition) is 4. The van der Waals surface area contributed by atoms with Gasteiger partial charge in [-0.1, -0.05) is 0 Å². The molecule has 0 bridgehead atoms. The zero-order valence-corrected chi connectivity index (χ0v) is 6.01. The summed E-state index contributed by atoms with van der Waals surface area (Å²) < 4.78 is 0. The first kappa shape index (κ1) is 10.1. The molecule has 5 nitrogen and oxygen atoms in total. The maximum absolute atomic E-state index is 8.17. The number of aromatic amines is 1. The first-order valence-corrected chi connectivity index (χ1v) is 3.13. The Morgan fingerprint density at radius 1 is 1.36 bits per heavy atom. The maximum Gasteiger partial charge on any atom is 0.100 e. The molecule has 0 aliphatic carbocycles. The SMILES string of the molecule is OCC(O)CO.c1c[nH]cn1. The molecule has 0 unspecified atom stereocenters. The number of hydrogen-bond acceptors (Lipinski definition) is 4. The van der Waals surface area contributed by atoms with Gasteiger partial charge in [0.15, 0.2) is 0 Å². The van der Waals surface area contributed by atoms with Gasteiger partial charge in [0.2, 0.25) is 0 Å². The van der Waals surface area contributed by atoms with Gasteiger partial charge in [-0.15, -0.1) is 0 Å². The van der Waals surface area contributed by atoms with Crippen molar-refractivity contribution in [3.05, 3.63) is 18.7 Å². The predicted molar refractivity (Wildman–Crippen MR) is 38.8 cm³/mol. The van der Waals surface area contributed by atoms with Crippen LogP contribution in [0.5, 0.6) is 0 Å². The van der Waals surface area contributed by atoms with Crippen LogP contribution in [-0.4, -0.2) is 44.6 Å². The van der Waals surface area contributed by atoms with Crippen LogP contribution in [0.1, 0.15) is 0 Å². The molecule has 5 heteroatoms. The van der Waals surface area contributed by atoms with Crippen molar-refractivity contribution in [2.75, 3.05) is 13.2 Å². The fourth-order valence-corrected chi connectivity index (χ4v) is 0.273. The lowest BCUT2D eigenvalue weighted by molar-refractivity contribution is 0.0450. The molecular formula is C6H12N2O3. The molecule has 0 spiro atoms. The van der Waals surface area contributed by atoms with Crippen molar-refractivity contribution >= 4 is 0 Å². The van der Waals surface area contributed by atoms with E-state index < -0.39 is 6.10 Å². The number of rotatable bonds is 2. The van der Waals surface area contributed by atoms with Gasteiger partial charge in [-0.05, 0) is 0 Å². The molecule has 0 aliphatic heterocycles. The number of nitrogens with one attached hydrogen (secondary N) is 1. The molecule has 0 aliphatic rings. The molecule has 0 amide bonds. The zero-order valence-electron chi connectivity index (χ0n) is 6.01. The number of aliphatic hydroxyl groups is 3. The smallest absolute Gasteiger partial charge is 0.100 e.